The fraction of sp³-hybridized carbons (Fsp3) is 0.574. The van der Waals surface area contributed by atoms with Gasteiger partial charge in [0.1, 0.15) is 5.75 Å². The highest BCUT2D eigenvalue weighted by molar-refractivity contribution is 7.94. The maximum Gasteiger partial charge on any atom is 0.285 e. The van der Waals surface area contributed by atoms with E-state index in [1.165, 1.54) is 11.1 Å². The van der Waals surface area contributed by atoms with Crippen LogP contribution >= 0.6 is 11.6 Å². The standard InChI is InChI=1S/C47H60ClN5O6S/c1-32-6-4-8-44(57-3)40-12-9-35(40)24-53-30-47(15-5-7-33-20-37(48)11-13-41(33)47)31-59-45-14-10-34(22-42(45)53)46(55)49-60(56,28-32)29-43(54)36-21-38(50(2)23-36)25-51-16-17-52-18-19-58-27-39(52)26-51/h4,8,10-11,13-14,20-23,32,35,39-40,44H,5-7,9,12,15-19,24-31H2,1-3H3/b8-4+/t32-,35-,39-,40+,44-,47-,60+/m0/s1. The van der Waals surface area contributed by atoms with Gasteiger partial charge in [-0.15, -0.1) is 0 Å². The number of aromatic nitrogens is 1. The molecule has 1 spiro atoms. The largest absolute Gasteiger partial charge is 0.490 e. The fourth-order valence-corrected chi connectivity index (χ4v) is 13.3. The van der Waals surface area contributed by atoms with Crippen LogP contribution in [-0.2, 0) is 44.6 Å². The number of anilines is 1. The molecule has 1 amide bonds. The Balaban J connectivity index is 1.02. The minimum Gasteiger partial charge on any atom is -0.490 e. The number of fused-ring (bicyclic) bond motifs is 5. The summed E-state index contributed by atoms with van der Waals surface area (Å²) in [6.07, 6.45) is 11.9. The quantitative estimate of drug-likeness (QED) is 0.196. The second kappa shape index (κ2) is 17.3. The second-order valence-electron chi connectivity index (χ2n) is 18.5. The molecule has 3 aromatic rings. The molecule has 0 radical (unpaired) electrons. The second-order valence-corrected chi connectivity index (χ2v) is 21.3. The van der Waals surface area contributed by atoms with Crippen LogP contribution in [0.25, 0.3) is 0 Å². The van der Waals surface area contributed by atoms with Gasteiger partial charge >= 0.3 is 0 Å². The summed E-state index contributed by atoms with van der Waals surface area (Å²) >= 11 is 6.50. The van der Waals surface area contributed by atoms with E-state index in [1.54, 1.807) is 13.2 Å². The molecule has 13 heteroatoms. The van der Waals surface area contributed by atoms with Crippen LogP contribution in [-0.4, -0.2) is 120 Å². The summed E-state index contributed by atoms with van der Waals surface area (Å²) in [4.78, 5) is 35.8. The summed E-state index contributed by atoms with van der Waals surface area (Å²) in [5.74, 6) is 0.338. The molecule has 1 saturated carbocycles. The van der Waals surface area contributed by atoms with Crippen molar-refractivity contribution < 1.29 is 28.0 Å². The first-order valence-corrected chi connectivity index (χ1v) is 24.2. The number of ketones is 1. The van der Waals surface area contributed by atoms with Gasteiger partial charge in [0.2, 0.25) is 0 Å². The summed E-state index contributed by atoms with van der Waals surface area (Å²) in [5.41, 5.74) is 5.01. The molecule has 322 valence electrons. The van der Waals surface area contributed by atoms with E-state index in [2.05, 4.69) is 43.3 Å². The van der Waals surface area contributed by atoms with Crippen molar-refractivity contribution in [2.24, 2.45) is 29.2 Å². The van der Waals surface area contributed by atoms with Crippen LogP contribution in [0.3, 0.4) is 0 Å². The third-order valence-electron chi connectivity index (χ3n) is 14.3. The lowest BCUT2D eigenvalue weighted by molar-refractivity contribution is -0.0464. The number of allylic oxidation sites excluding steroid dienone is 1. The highest BCUT2D eigenvalue weighted by Crippen LogP contribution is 2.47. The first kappa shape index (κ1) is 41.8. The van der Waals surface area contributed by atoms with Crippen molar-refractivity contribution in [3.63, 3.8) is 0 Å². The number of rotatable bonds is 6. The monoisotopic (exact) mass is 857 g/mol. The highest BCUT2D eigenvalue weighted by Gasteiger charge is 2.44. The molecule has 11 nitrogen and oxygen atoms in total. The van der Waals surface area contributed by atoms with Gasteiger partial charge in [0.15, 0.2) is 5.78 Å². The van der Waals surface area contributed by atoms with Gasteiger partial charge in [0.05, 0.1) is 47.1 Å². The Morgan fingerprint density at radius 3 is 2.82 bits per heavy atom. The molecule has 5 heterocycles. The van der Waals surface area contributed by atoms with E-state index >= 15 is 4.21 Å². The molecule has 0 unspecified atom stereocenters. The molecule has 2 bridgehead atoms. The van der Waals surface area contributed by atoms with Crippen molar-refractivity contribution in [3.05, 3.63) is 93.8 Å². The van der Waals surface area contributed by atoms with Gasteiger partial charge in [0, 0.05) is 105 Å². The number of carbonyl (C=O) groups excluding carboxylic acids is 2. The van der Waals surface area contributed by atoms with Gasteiger partial charge in [-0.2, -0.15) is 4.36 Å². The zero-order chi connectivity index (χ0) is 41.6. The molecule has 6 aliphatic rings. The van der Waals surface area contributed by atoms with E-state index < -0.39 is 15.6 Å². The Morgan fingerprint density at radius 1 is 1.10 bits per heavy atom. The molecule has 60 heavy (non-hydrogen) atoms. The normalized spacial score (nSPS) is 31.8. The van der Waals surface area contributed by atoms with E-state index in [0.717, 1.165) is 107 Å². The Bertz CT molecular complexity index is 2270. The number of piperazine rings is 1. The van der Waals surface area contributed by atoms with Gasteiger partial charge in [-0.3, -0.25) is 19.4 Å². The number of Topliss-reactive ketones (excluding diaryl/α,β-unsaturated/α-hetero) is 1. The van der Waals surface area contributed by atoms with Crippen LogP contribution in [0.1, 0.15) is 76.6 Å². The number of benzene rings is 2. The van der Waals surface area contributed by atoms with Crippen LogP contribution in [0.15, 0.2) is 65.2 Å². The molecular formula is C47H60ClN5O6S. The molecule has 4 aliphatic heterocycles. The van der Waals surface area contributed by atoms with Crippen molar-refractivity contribution in [3.8, 4) is 5.75 Å². The lowest BCUT2D eigenvalue weighted by Gasteiger charge is -2.46. The Kier molecular flexibility index (Phi) is 12.1. The summed E-state index contributed by atoms with van der Waals surface area (Å²) < 4.78 is 40.2. The van der Waals surface area contributed by atoms with Crippen LogP contribution < -0.4 is 9.64 Å². The number of nitrogens with zero attached hydrogens (tertiary/aromatic N) is 5. The number of amides is 1. The molecule has 1 aromatic heterocycles. The number of hydrogen-bond donors (Lipinski definition) is 0. The van der Waals surface area contributed by atoms with Crippen molar-refractivity contribution in [2.75, 3.05) is 82.6 Å². The number of halogens is 1. The summed E-state index contributed by atoms with van der Waals surface area (Å²) in [6, 6.07) is 14.1. The van der Waals surface area contributed by atoms with E-state index in [-0.39, 0.29) is 34.7 Å². The zero-order valence-electron chi connectivity index (χ0n) is 35.4. The smallest absolute Gasteiger partial charge is 0.285 e. The molecule has 9 rings (SSSR count). The summed E-state index contributed by atoms with van der Waals surface area (Å²) in [7, 11) is 0.423. The van der Waals surface area contributed by atoms with E-state index in [9.17, 15) is 9.59 Å². The lowest BCUT2D eigenvalue weighted by Crippen LogP contribution is -2.57. The van der Waals surface area contributed by atoms with E-state index in [1.807, 2.05) is 49.0 Å². The summed E-state index contributed by atoms with van der Waals surface area (Å²) in [6.45, 7) is 10.2. The van der Waals surface area contributed by atoms with Gasteiger partial charge in [0.25, 0.3) is 5.91 Å². The van der Waals surface area contributed by atoms with Crippen molar-refractivity contribution in [2.45, 2.75) is 69.6 Å². The van der Waals surface area contributed by atoms with Gasteiger partial charge in [-0.25, -0.2) is 4.21 Å². The molecule has 3 fully saturated rings. The van der Waals surface area contributed by atoms with Crippen LogP contribution in [0.2, 0.25) is 5.02 Å². The van der Waals surface area contributed by atoms with Crippen LogP contribution in [0, 0.1) is 17.8 Å². The minimum absolute atomic E-state index is 0.0475. The van der Waals surface area contributed by atoms with Gasteiger partial charge < -0.3 is 23.7 Å². The molecule has 2 aliphatic carbocycles. The predicted octanol–water partition coefficient (Wildman–Crippen LogP) is 6.80. The Morgan fingerprint density at radius 2 is 1.98 bits per heavy atom. The first-order chi connectivity index (χ1) is 29.0. The molecule has 2 aromatic carbocycles. The number of carbonyl (C=O) groups is 2. The third kappa shape index (κ3) is 8.62. The molecule has 7 atom stereocenters. The molecule has 0 N–H and O–H groups in total. The van der Waals surface area contributed by atoms with Crippen LogP contribution in [0.5, 0.6) is 5.75 Å². The maximum atomic E-state index is 15.0. The number of methoxy groups -OCH3 is 1. The number of hydrogen-bond acceptors (Lipinski definition) is 9. The van der Waals surface area contributed by atoms with Crippen molar-refractivity contribution in [1.82, 2.24) is 14.4 Å². The van der Waals surface area contributed by atoms with Gasteiger partial charge in [-0.1, -0.05) is 36.7 Å². The minimum atomic E-state index is -3.32. The van der Waals surface area contributed by atoms with Crippen molar-refractivity contribution >= 4 is 38.7 Å². The molecule has 2 saturated heterocycles. The fourth-order valence-electron chi connectivity index (χ4n) is 10.9. The number of ether oxygens (including phenoxy) is 3. The maximum absolute atomic E-state index is 15.0. The van der Waals surface area contributed by atoms with Gasteiger partial charge in [-0.05, 0) is 104 Å². The molecular weight excluding hydrogens is 798 g/mol. The Hall–Kier alpha value is -3.52. The first-order valence-electron chi connectivity index (χ1n) is 22.0. The summed E-state index contributed by atoms with van der Waals surface area (Å²) in [5, 5.41) is 0.748. The van der Waals surface area contributed by atoms with Crippen LogP contribution in [0.4, 0.5) is 5.69 Å². The average Bonchev–Trinajstić information content (AvgIpc) is 3.51. The van der Waals surface area contributed by atoms with E-state index in [4.69, 9.17) is 25.8 Å². The van der Waals surface area contributed by atoms with Crippen molar-refractivity contribution in [1.29, 1.82) is 0 Å². The predicted molar refractivity (Wildman–Crippen MR) is 236 cm³/mol. The highest BCUT2D eigenvalue weighted by atomic mass is 35.5. The Labute approximate surface area is 360 Å². The van der Waals surface area contributed by atoms with E-state index in [0.29, 0.717) is 48.6 Å². The number of aryl methyl sites for hydroxylation is 2. The lowest BCUT2D eigenvalue weighted by atomic mass is 9.68. The zero-order valence-corrected chi connectivity index (χ0v) is 36.9. The SMILES string of the molecule is CO[C@H]1/C=C/C[C@H](C)C[S@@](=O)(CC(=O)c2cc(CN3CCN4CCOC[C@@H]4C3)n(C)c2)=NC(=O)c2ccc3c(c2)N(C[C@@H]2CC[C@H]21)C[C@@]1(CCCc2cc(Cl)ccc21)CO3. The third-order valence-corrected chi connectivity index (χ3v) is 16.8. The average molecular weight is 859 g/mol. The topological polar surface area (TPSA) is 106 Å². The number of morpholine rings is 1.